The van der Waals surface area contributed by atoms with Gasteiger partial charge in [0.2, 0.25) is 5.88 Å². The average Bonchev–Trinajstić information content (AvgIpc) is 3.17. The molecular formula is C17H20Br2N2O4. The van der Waals surface area contributed by atoms with Crippen LogP contribution in [0.4, 0.5) is 4.79 Å². The Labute approximate surface area is 163 Å². The number of rotatable bonds is 3. The zero-order chi connectivity index (χ0) is 18.2. The third-order valence-electron chi connectivity index (χ3n) is 3.87. The molecule has 0 aromatic carbocycles. The molecule has 25 heavy (non-hydrogen) atoms. The summed E-state index contributed by atoms with van der Waals surface area (Å²) < 4.78 is 18.2. The summed E-state index contributed by atoms with van der Waals surface area (Å²) in [5, 5.41) is 0.817. The van der Waals surface area contributed by atoms with Crippen molar-refractivity contribution in [2.24, 2.45) is 5.92 Å². The van der Waals surface area contributed by atoms with Crippen LogP contribution in [-0.4, -0.2) is 41.3 Å². The molecule has 1 saturated heterocycles. The number of halogens is 2. The van der Waals surface area contributed by atoms with Crippen molar-refractivity contribution in [1.29, 1.82) is 0 Å². The van der Waals surface area contributed by atoms with Gasteiger partial charge in [-0.2, -0.15) is 0 Å². The first-order valence-electron chi connectivity index (χ1n) is 8.07. The fourth-order valence-corrected chi connectivity index (χ4v) is 3.44. The highest BCUT2D eigenvalue weighted by atomic mass is 79.9. The Hall–Kier alpha value is -1.28. The average molecular weight is 476 g/mol. The molecule has 0 N–H and O–H groups in total. The second-order valence-electron chi connectivity index (χ2n) is 7.08. The highest BCUT2D eigenvalue weighted by molar-refractivity contribution is 9.13. The largest absolute Gasteiger partial charge is 0.477 e. The summed E-state index contributed by atoms with van der Waals surface area (Å²) >= 11 is 6.84. The number of fused-ring (bicyclic) bond motifs is 1. The molecule has 1 amide bonds. The van der Waals surface area contributed by atoms with Crippen LogP contribution in [0.15, 0.2) is 25.8 Å². The fraction of sp³-hybridized carbons (Fsp3) is 0.529. The molecule has 136 valence electrons. The molecule has 3 heterocycles. The summed E-state index contributed by atoms with van der Waals surface area (Å²) in [5.74, 6) is 0.772. The Balaban J connectivity index is 1.61. The standard InChI is InChI=1S/C17H20Br2N2O4/c1-17(2,3)25-16(22)21-6-4-10(8-21)9-24-15-11-5-7-23-13(11)12(18)14(19)20-15/h5,7,10H,4,6,8-9H2,1-3H3/t10-/m0/s1. The molecule has 6 nitrogen and oxygen atoms in total. The zero-order valence-electron chi connectivity index (χ0n) is 14.3. The van der Waals surface area contributed by atoms with Crippen molar-refractivity contribution in [1.82, 2.24) is 9.88 Å². The maximum Gasteiger partial charge on any atom is 0.410 e. The number of likely N-dealkylation sites (tertiary alicyclic amines) is 1. The number of nitrogens with zero attached hydrogens (tertiary/aromatic N) is 2. The van der Waals surface area contributed by atoms with Crippen molar-refractivity contribution >= 4 is 48.9 Å². The second-order valence-corrected chi connectivity index (χ2v) is 8.62. The van der Waals surface area contributed by atoms with Crippen LogP contribution in [0.3, 0.4) is 0 Å². The summed E-state index contributed by atoms with van der Waals surface area (Å²) in [6.45, 7) is 7.40. The fourth-order valence-electron chi connectivity index (χ4n) is 2.71. The highest BCUT2D eigenvalue weighted by Crippen LogP contribution is 2.36. The minimum Gasteiger partial charge on any atom is -0.477 e. The third-order valence-corrected chi connectivity index (χ3v) is 5.71. The molecule has 1 aliphatic heterocycles. The van der Waals surface area contributed by atoms with E-state index < -0.39 is 5.60 Å². The SMILES string of the molecule is CC(C)(C)OC(=O)N1CC[C@H](COc2nc(Br)c(Br)c3occc23)C1. The van der Waals surface area contributed by atoms with E-state index in [0.29, 0.717) is 35.8 Å². The van der Waals surface area contributed by atoms with Gasteiger partial charge in [-0.1, -0.05) is 0 Å². The highest BCUT2D eigenvalue weighted by Gasteiger charge is 2.30. The lowest BCUT2D eigenvalue weighted by molar-refractivity contribution is 0.0284. The van der Waals surface area contributed by atoms with Gasteiger partial charge in [0, 0.05) is 19.0 Å². The minimum atomic E-state index is -0.480. The molecule has 8 heteroatoms. The van der Waals surface area contributed by atoms with Gasteiger partial charge >= 0.3 is 6.09 Å². The molecule has 0 bridgehead atoms. The van der Waals surface area contributed by atoms with Crippen LogP contribution in [0.1, 0.15) is 27.2 Å². The van der Waals surface area contributed by atoms with Gasteiger partial charge < -0.3 is 18.8 Å². The molecule has 0 saturated carbocycles. The number of ether oxygens (including phenoxy) is 2. The zero-order valence-corrected chi connectivity index (χ0v) is 17.5. The van der Waals surface area contributed by atoms with Crippen molar-refractivity contribution in [3.63, 3.8) is 0 Å². The Morgan fingerprint density at radius 3 is 2.92 bits per heavy atom. The number of aromatic nitrogens is 1. The van der Waals surface area contributed by atoms with Crippen LogP contribution in [0.2, 0.25) is 0 Å². The second kappa shape index (κ2) is 7.15. The predicted octanol–water partition coefficient (Wildman–Crippen LogP) is 4.99. The van der Waals surface area contributed by atoms with Gasteiger partial charge in [0.05, 0.1) is 22.7 Å². The van der Waals surface area contributed by atoms with Crippen LogP contribution < -0.4 is 4.74 Å². The molecule has 2 aromatic heterocycles. The number of amides is 1. The first-order chi connectivity index (χ1) is 11.7. The van der Waals surface area contributed by atoms with E-state index in [0.717, 1.165) is 16.3 Å². The number of furan rings is 1. The first-order valence-corrected chi connectivity index (χ1v) is 9.66. The Morgan fingerprint density at radius 1 is 1.44 bits per heavy atom. The van der Waals surface area contributed by atoms with Gasteiger partial charge in [-0.25, -0.2) is 9.78 Å². The molecule has 0 unspecified atom stereocenters. The number of pyridine rings is 1. The van der Waals surface area contributed by atoms with E-state index in [2.05, 4.69) is 36.8 Å². The number of carbonyl (C=O) groups excluding carboxylic acids is 1. The smallest absolute Gasteiger partial charge is 0.410 e. The van der Waals surface area contributed by atoms with Gasteiger partial charge in [0.15, 0.2) is 5.58 Å². The molecule has 1 atom stereocenters. The first kappa shape index (κ1) is 18.5. The topological polar surface area (TPSA) is 64.8 Å². The number of hydrogen-bond donors (Lipinski definition) is 0. The van der Waals surface area contributed by atoms with Gasteiger partial charge in [0.25, 0.3) is 0 Å². The van der Waals surface area contributed by atoms with Crippen LogP contribution in [0.25, 0.3) is 11.0 Å². The molecule has 1 aliphatic rings. The van der Waals surface area contributed by atoms with E-state index in [1.807, 2.05) is 26.8 Å². The summed E-state index contributed by atoms with van der Waals surface area (Å²) in [6, 6.07) is 1.83. The summed E-state index contributed by atoms with van der Waals surface area (Å²) in [6.07, 6.45) is 2.22. The van der Waals surface area contributed by atoms with E-state index in [-0.39, 0.29) is 12.0 Å². The Kier molecular flexibility index (Phi) is 5.29. The monoisotopic (exact) mass is 474 g/mol. The lowest BCUT2D eigenvalue weighted by atomic mass is 10.1. The van der Waals surface area contributed by atoms with Gasteiger partial charge in [-0.15, -0.1) is 0 Å². The molecular weight excluding hydrogens is 456 g/mol. The molecule has 0 radical (unpaired) electrons. The molecule has 1 fully saturated rings. The van der Waals surface area contributed by atoms with Crippen molar-refractivity contribution in [2.75, 3.05) is 19.7 Å². The molecule has 0 aliphatic carbocycles. The Bertz CT molecular complexity index is 785. The van der Waals surface area contributed by atoms with E-state index in [1.54, 1.807) is 11.2 Å². The lowest BCUT2D eigenvalue weighted by Gasteiger charge is -2.24. The van der Waals surface area contributed by atoms with E-state index >= 15 is 0 Å². The summed E-state index contributed by atoms with van der Waals surface area (Å²) in [5.41, 5.74) is 0.213. The van der Waals surface area contributed by atoms with Gasteiger partial charge in [-0.3, -0.25) is 0 Å². The van der Waals surface area contributed by atoms with Crippen molar-refractivity contribution in [3.8, 4) is 5.88 Å². The number of hydrogen-bond acceptors (Lipinski definition) is 5. The van der Waals surface area contributed by atoms with Crippen LogP contribution in [-0.2, 0) is 4.74 Å². The minimum absolute atomic E-state index is 0.249. The molecule has 3 rings (SSSR count). The maximum absolute atomic E-state index is 12.1. The number of carbonyl (C=O) groups is 1. The van der Waals surface area contributed by atoms with Crippen LogP contribution >= 0.6 is 31.9 Å². The van der Waals surface area contributed by atoms with E-state index in [1.165, 1.54) is 0 Å². The predicted molar refractivity (Wildman–Crippen MR) is 101 cm³/mol. The van der Waals surface area contributed by atoms with Crippen LogP contribution in [0.5, 0.6) is 5.88 Å². The molecule has 2 aromatic rings. The van der Waals surface area contributed by atoms with Gasteiger partial charge in [-0.05, 0) is 65.1 Å². The lowest BCUT2D eigenvalue weighted by Crippen LogP contribution is -2.35. The summed E-state index contributed by atoms with van der Waals surface area (Å²) in [4.78, 5) is 18.3. The van der Waals surface area contributed by atoms with Crippen molar-refractivity contribution in [3.05, 3.63) is 21.4 Å². The van der Waals surface area contributed by atoms with Crippen LogP contribution in [0, 0.1) is 5.92 Å². The van der Waals surface area contributed by atoms with Gasteiger partial charge in [0.1, 0.15) is 10.2 Å². The van der Waals surface area contributed by atoms with E-state index in [4.69, 9.17) is 13.9 Å². The third kappa shape index (κ3) is 4.28. The quantitative estimate of drug-likeness (QED) is 0.585. The normalized spacial score (nSPS) is 18.0. The van der Waals surface area contributed by atoms with Crippen molar-refractivity contribution < 1.29 is 18.7 Å². The van der Waals surface area contributed by atoms with E-state index in [9.17, 15) is 4.79 Å². The van der Waals surface area contributed by atoms with Crippen molar-refractivity contribution in [2.45, 2.75) is 32.8 Å². The summed E-state index contributed by atoms with van der Waals surface area (Å²) in [7, 11) is 0. The molecule has 0 spiro atoms. The Morgan fingerprint density at radius 2 is 2.20 bits per heavy atom. The maximum atomic E-state index is 12.1.